The fourth-order valence-corrected chi connectivity index (χ4v) is 2.69. The van der Waals surface area contributed by atoms with Crippen LogP contribution in [0, 0.1) is 6.92 Å². The number of aldehydes is 1. The predicted octanol–water partition coefficient (Wildman–Crippen LogP) is 7.07. The molecule has 3 aromatic rings. The number of carboxylic acids is 1. The van der Waals surface area contributed by atoms with Crippen LogP contribution in [0.15, 0.2) is 66.7 Å². The number of nitrogens with two attached hydrogens (primary N) is 1. The average Bonchev–Trinajstić information content (AvgIpc) is 2.80. The average molecular weight is 534 g/mol. The van der Waals surface area contributed by atoms with Crippen LogP contribution in [0.4, 0.5) is 26.3 Å². The quantitative estimate of drug-likeness (QED) is 0.278. The standard InChI is InChI=1S/C9H4F6O.C8H10ClN.C8H8O2/c10-8(11,12)6-1-5(4-16)2-7(3-6)9(13,14)15;9-8-3-1-7(2-4-8)5-6-10;1-6-2-4-7(5-3-6)8(9)10/h1-4H;1-4H,5-6,10H2;2-5H,1H3,(H,9,10). The minimum Gasteiger partial charge on any atom is -0.478 e. The van der Waals surface area contributed by atoms with Gasteiger partial charge in [-0.2, -0.15) is 26.3 Å². The Morgan fingerprint density at radius 1 is 0.889 bits per heavy atom. The SMILES string of the molecule is Cc1ccc(C(=O)O)cc1.NCCc1ccc(Cl)cc1.O=Cc1cc(C(F)(F)F)cc(C(F)(F)F)c1. The van der Waals surface area contributed by atoms with Crippen LogP contribution in [0.25, 0.3) is 0 Å². The van der Waals surface area contributed by atoms with Crippen molar-refractivity contribution in [3.63, 3.8) is 0 Å². The molecule has 0 aliphatic carbocycles. The number of carboxylic acid groups (broad SMARTS) is 1. The highest BCUT2D eigenvalue weighted by Crippen LogP contribution is 2.35. The van der Waals surface area contributed by atoms with E-state index in [-0.39, 0.29) is 12.4 Å². The summed E-state index contributed by atoms with van der Waals surface area (Å²) < 4.78 is 73.1. The van der Waals surface area contributed by atoms with Gasteiger partial charge in [0.25, 0.3) is 0 Å². The molecular formula is C25H22ClF6NO3. The molecule has 3 N–H and O–H groups in total. The fraction of sp³-hybridized carbons (Fsp3) is 0.200. The van der Waals surface area contributed by atoms with Gasteiger partial charge in [0.2, 0.25) is 0 Å². The third-order valence-corrected chi connectivity index (χ3v) is 4.64. The smallest absolute Gasteiger partial charge is 0.416 e. The van der Waals surface area contributed by atoms with Crippen molar-refractivity contribution in [2.75, 3.05) is 6.54 Å². The van der Waals surface area contributed by atoms with E-state index in [1.807, 2.05) is 31.2 Å². The Morgan fingerprint density at radius 2 is 1.36 bits per heavy atom. The second-order valence-electron chi connectivity index (χ2n) is 7.29. The van der Waals surface area contributed by atoms with Gasteiger partial charge in [0.1, 0.15) is 6.29 Å². The number of aryl methyl sites for hydroxylation is 1. The first kappa shape index (κ1) is 30.7. The molecule has 11 heteroatoms. The summed E-state index contributed by atoms with van der Waals surface area (Å²) >= 11 is 5.68. The molecule has 0 atom stereocenters. The number of hydrogen-bond donors (Lipinski definition) is 2. The van der Waals surface area contributed by atoms with Crippen molar-refractivity contribution in [3.8, 4) is 0 Å². The summed E-state index contributed by atoms with van der Waals surface area (Å²) in [6, 6.07) is 15.2. The van der Waals surface area contributed by atoms with Gasteiger partial charge in [0, 0.05) is 10.6 Å². The van der Waals surface area contributed by atoms with Gasteiger partial charge in [-0.3, -0.25) is 4.79 Å². The van der Waals surface area contributed by atoms with E-state index in [9.17, 15) is 35.9 Å². The van der Waals surface area contributed by atoms with Gasteiger partial charge in [-0.1, -0.05) is 41.4 Å². The Bertz CT molecular complexity index is 1100. The number of halogens is 7. The van der Waals surface area contributed by atoms with Crippen LogP contribution < -0.4 is 5.73 Å². The van der Waals surface area contributed by atoms with E-state index in [0.29, 0.717) is 24.2 Å². The van der Waals surface area contributed by atoms with Crippen molar-refractivity contribution < 1.29 is 41.0 Å². The molecule has 0 amide bonds. The minimum atomic E-state index is -4.92. The highest BCUT2D eigenvalue weighted by atomic mass is 35.5. The van der Waals surface area contributed by atoms with E-state index in [2.05, 4.69) is 0 Å². The number of carbonyl (C=O) groups excluding carboxylic acids is 1. The lowest BCUT2D eigenvalue weighted by atomic mass is 10.1. The van der Waals surface area contributed by atoms with Gasteiger partial charge in [-0.25, -0.2) is 4.79 Å². The van der Waals surface area contributed by atoms with Crippen LogP contribution in [0.3, 0.4) is 0 Å². The van der Waals surface area contributed by atoms with E-state index < -0.39 is 35.0 Å². The second kappa shape index (κ2) is 13.6. The van der Waals surface area contributed by atoms with Crippen molar-refractivity contribution in [2.24, 2.45) is 5.73 Å². The van der Waals surface area contributed by atoms with E-state index in [0.717, 1.165) is 17.0 Å². The first-order valence-electron chi connectivity index (χ1n) is 10.2. The number of aromatic carboxylic acids is 1. The van der Waals surface area contributed by atoms with Crippen molar-refractivity contribution in [1.82, 2.24) is 0 Å². The lowest BCUT2D eigenvalue weighted by molar-refractivity contribution is -0.143. The number of carbonyl (C=O) groups is 2. The summed E-state index contributed by atoms with van der Waals surface area (Å²) in [6.07, 6.45) is -8.97. The molecule has 0 unspecified atom stereocenters. The summed E-state index contributed by atoms with van der Waals surface area (Å²) in [4.78, 5) is 20.5. The third-order valence-electron chi connectivity index (χ3n) is 4.39. The lowest BCUT2D eigenvalue weighted by Crippen LogP contribution is -2.11. The third kappa shape index (κ3) is 10.9. The first-order valence-corrected chi connectivity index (χ1v) is 10.5. The zero-order chi connectivity index (χ0) is 27.5. The summed E-state index contributed by atoms with van der Waals surface area (Å²) in [7, 11) is 0. The molecule has 0 spiro atoms. The van der Waals surface area contributed by atoms with E-state index in [1.54, 1.807) is 24.3 Å². The van der Waals surface area contributed by atoms with Crippen molar-refractivity contribution in [2.45, 2.75) is 25.7 Å². The van der Waals surface area contributed by atoms with Crippen molar-refractivity contribution in [3.05, 3.63) is 105 Å². The monoisotopic (exact) mass is 533 g/mol. The molecule has 0 aliphatic rings. The predicted molar refractivity (Wildman–Crippen MR) is 124 cm³/mol. The summed E-state index contributed by atoms with van der Waals surface area (Å²) in [6.45, 7) is 2.62. The Labute approximate surface area is 208 Å². The zero-order valence-electron chi connectivity index (χ0n) is 18.8. The highest BCUT2D eigenvalue weighted by molar-refractivity contribution is 6.30. The highest BCUT2D eigenvalue weighted by Gasteiger charge is 2.36. The Hall–Kier alpha value is -3.37. The van der Waals surface area contributed by atoms with Gasteiger partial charge < -0.3 is 10.8 Å². The number of hydrogen-bond acceptors (Lipinski definition) is 3. The molecule has 0 heterocycles. The summed E-state index contributed by atoms with van der Waals surface area (Å²) in [5.41, 5.74) is 4.36. The van der Waals surface area contributed by atoms with E-state index in [1.165, 1.54) is 5.56 Å². The maximum atomic E-state index is 12.2. The fourth-order valence-electron chi connectivity index (χ4n) is 2.56. The maximum Gasteiger partial charge on any atom is 0.416 e. The molecule has 0 saturated heterocycles. The van der Waals surface area contributed by atoms with E-state index in [4.69, 9.17) is 22.4 Å². The van der Waals surface area contributed by atoms with Crippen LogP contribution in [0.5, 0.6) is 0 Å². The maximum absolute atomic E-state index is 12.2. The summed E-state index contributed by atoms with van der Waals surface area (Å²) in [5.74, 6) is -0.875. The van der Waals surface area contributed by atoms with Crippen LogP contribution in [-0.2, 0) is 18.8 Å². The minimum absolute atomic E-state index is 0.0347. The normalized spacial score (nSPS) is 10.9. The largest absolute Gasteiger partial charge is 0.478 e. The molecule has 0 radical (unpaired) electrons. The van der Waals surface area contributed by atoms with Gasteiger partial charge in [0.15, 0.2) is 0 Å². The molecule has 0 bridgehead atoms. The van der Waals surface area contributed by atoms with Crippen LogP contribution in [-0.4, -0.2) is 23.9 Å². The molecule has 3 aromatic carbocycles. The van der Waals surface area contributed by atoms with E-state index >= 15 is 0 Å². The molecular weight excluding hydrogens is 512 g/mol. The Morgan fingerprint density at radius 3 is 1.72 bits per heavy atom. The lowest BCUT2D eigenvalue weighted by Gasteiger charge is -2.12. The topological polar surface area (TPSA) is 80.4 Å². The van der Waals surface area contributed by atoms with Gasteiger partial charge in [0.05, 0.1) is 16.7 Å². The molecule has 0 aliphatic heterocycles. The molecule has 0 fully saturated rings. The van der Waals surface area contributed by atoms with Gasteiger partial charge in [-0.15, -0.1) is 0 Å². The molecule has 194 valence electrons. The van der Waals surface area contributed by atoms with Crippen molar-refractivity contribution in [1.29, 1.82) is 0 Å². The van der Waals surface area contributed by atoms with Crippen LogP contribution in [0.2, 0.25) is 5.02 Å². The number of benzene rings is 3. The molecule has 0 aromatic heterocycles. The molecule has 36 heavy (non-hydrogen) atoms. The molecule has 4 nitrogen and oxygen atoms in total. The summed E-state index contributed by atoms with van der Waals surface area (Å²) in [5, 5.41) is 9.25. The zero-order valence-corrected chi connectivity index (χ0v) is 19.6. The Kier molecular flexibility index (Phi) is 11.6. The number of rotatable bonds is 4. The van der Waals surface area contributed by atoms with Gasteiger partial charge in [-0.05, 0) is 67.9 Å². The van der Waals surface area contributed by atoms with Crippen LogP contribution in [0.1, 0.15) is 43.0 Å². The first-order chi connectivity index (χ1) is 16.7. The van der Waals surface area contributed by atoms with Crippen molar-refractivity contribution >= 4 is 23.9 Å². The van der Waals surface area contributed by atoms with Crippen LogP contribution >= 0.6 is 11.6 Å². The molecule has 3 rings (SSSR count). The number of alkyl halides is 6. The second-order valence-corrected chi connectivity index (χ2v) is 7.73. The molecule has 0 saturated carbocycles. The van der Waals surface area contributed by atoms with Gasteiger partial charge >= 0.3 is 18.3 Å². The Balaban J connectivity index is 0.000000282.